The van der Waals surface area contributed by atoms with E-state index < -0.39 is 5.54 Å². The van der Waals surface area contributed by atoms with Crippen molar-refractivity contribution in [3.8, 4) is 5.75 Å². The van der Waals surface area contributed by atoms with Gasteiger partial charge in [0.25, 0.3) is 11.8 Å². The largest absolute Gasteiger partial charge is 0.497 e. The van der Waals surface area contributed by atoms with E-state index in [0.29, 0.717) is 37.4 Å². The van der Waals surface area contributed by atoms with Crippen molar-refractivity contribution in [3.05, 3.63) is 24.0 Å². The second kappa shape index (κ2) is 5.28. The van der Waals surface area contributed by atoms with Crippen LogP contribution in [0.1, 0.15) is 23.3 Å². The molecule has 0 aliphatic carbocycles. The molecular formula is C14H17N5O3. The standard InChI is InChI=1S/C14H17N5O3/c1-22-9-2-5-16-10(8-9)11(20)19-6-3-14(4-7-19)12(21)17-13(15)18-14/h2,5,8H,3-4,6-7H2,1H3,(H3,15,17,18,21). The minimum atomic E-state index is -0.817. The molecular weight excluding hydrogens is 286 g/mol. The monoisotopic (exact) mass is 303 g/mol. The van der Waals surface area contributed by atoms with Gasteiger partial charge in [-0.1, -0.05) is 0 Å². The van der Waals surface area contributed by atoms with Crippen LogP contribution in [0, 0.1) is 0 Å². The lowest BCUT2D eigenvalue weighted by Gasteiger charge is -2.35. The Morgan fingerprint density at radius 2 is 2.18 bits per heavy atom. The number of carbonyl (C=O) groups is 2. The van der Waals surface area contributed by atoms with E-state index in [2.05, 4.69) is 15.3 Å². The quantitative estimate of drug-likeness (QED) is 0.766. The first-order valence-corrected chi connectivity index (χ1v) is 7.00. The van der Waals surface area contributed by atoms with Crippen molar-refractivity contribution < 1.29 is 14.3 Å². The number of hydrogen-bond donors (Lipinski definition) is 2. The van der Waals surface area contributed by atoms with Gasteiger partial charge in [0.2, 0.25) is 0 Å². The summed E-state index contributed by atoms with van der Waals surface area (Å²) < 4.78 is 5.10. The summed E-state index contributed by atoms with van der Waals surface area (Å²) in [5.74, 6) is 0.374. The molecule has 0 radical (unpaired) electrons. The molecule has 1 saturated heterocycles. The van der Waals surface area contributed by atoms with Crippen LogP contribution in [0.5, 0.6) is 5.75 Å². The number of ether oxygens (including phenoxy) is 1. The van der Waals surface area contributed by atoms with Crippen molar-refractivity contribution in [2.75, 3.05) is 20.2 Å². The number of guanidine groups is 1. The molecule has 2 aliphatic heterocycles. The van der Waals surface area contributed by atoms with E-state index in [0.717, 1.165) is 0 Å². The van der Waals surface area contributed by atoms with Crippen LogP contribution in [0.4, 0.5) is 0 Å². The molecule has 1 aromatic heterocycles. The number of piperidine rings is 1. The predicted octanol–water partition coefficient (Wildman–Crippen LogP) is -0.490. The number of carbonyl (C=O) groups excluding carboxylic acids is 2. The van der Waals surface area contributed by atoms with Gasteiger partial charge in [0.05, 0.1) is 7.11 Å². The van der Waals surface area contributed by atoms with Gasteiger partial charge in [-0.05, 0) is 18.9 Å². The Labute approximate surface area is 127 Å². The van der Waals surface area contributed by atoms with Crippen LogP contribution in [0.15, 0.2) is 23.3 Å². The molecule has 0 bridgehead atoms. The SMILES string of the molecule is COc1ccnc(C(=O)N2CCC3(CC2)N=C(N)NC3=O)c1. The first-order chi connectivity index (χ1) is 10.5. The molecule has 0 aromatic carbocycles. The zero-order chi connectivity index (χ0) is 15.7. The number of aromatic nitrogens is 1. The maximum atomic E-state index is 12.5. The molecule has 3 heterocycles. The Morgan fingerprint density at radius 3 is 2.77 bits per heavy atom. The lowest BCUT2D eigenvalue weighted by atomic mass is 9.88. The van der Waals surface area contributed by atoms with E-state index in [9.17, 15) is 9.59 Å². The highest BCUT2D eigenvalue weighted by atomic mass is 16.5. The van der Waals surface area contributed by atoms with Gasteiger partial charge >= 0.3 is 0 Å². The van der Waals surface area contributed by atoms with Gasteiger partial charge in [-0.2, -0.15) is 0 Å². The maximum Gasteiger partial charge on any atom is 0.272 e. The average Bonchev–Trinajstić information content (AvgIpc) is 2.81. The third-order valence-corrected chi connectivity index (χ3v) is 4.06. The Morgan fingerprint density at radius 1 is 1.45 bits per heavy atom. The zero-order valence-electron chi connectivity index (χ0n) is 12.2. The summed E-state index contributed by atoms with van der Waals surface area (Å²) in [4.78, 5) is 34.4. The van der Waals surface area contributed by atoms with Gasteiger partial charge < -0.3 is 15.4 Å². The number of rotatable bonds is 2. The van der Waals surface area contributed by atoms with Crippen molar-refractivity contribution in [1.29, 1.82) is 0 Å². The summed E-state index contributed by atoms with van der Waals surface area (Å²) in [6.07, 6.45) is 2.44. The number of nitrogens with zero attached hydrogens (tertiary/aromatic N) is 3. The summed E-state index contributed by atoms with van der Waals surface area (Å²) in [6, 6.07) is 3.29. The number of nitrogens with one attached hydrogen (secondary N) is 1. The Bertz CT molecular complexity index is 650. The smallest absolute Gasteiger partial charge is 0.272 e. The van der Waals surface area contributed by atoms with Gasteiger partial charge in [0, 0.05) is 25.4 Å². The van der Waals surface area contributed by atoms with E-state index in [1.807, 2.05) is 0 Å². The molecule has 0 atom stereocenters. The molecule has 0 unspecified atom stereocenters. The summed E-state index contributed by atoms with van der Waals surface area (Å²) in [5.41, 5.74) is 5.07. The summed E-state index contributed by atoms with van der Waals surface area (Å²) in [5, 5.41) is 2.52. The number of aliphatic imine (C=N–C) groups is 1. The average molecular weight is 303 g/mol. The van der Waals surface area contributed by atoms with Gasteiger partial charge in [0.15, 0.2) is 5.96 Å². The second-order valence-corrected chi connectivity index (χ2v) is 5.36. The molecule has 2 amide bonds. The van der Waals surface area contributed by atoms with Crippen LogP contribution in [0.2, 0.25) is 0 Å². The number of hydrogen-bond acceptors (Lipinski definition) is 6. The van der Waals surface area contributed by atoms with Crippen LogP contribution in [-0.4, -0.2) is 53.4 Å². The van der Waals surface area contributed by atoms with E-state index in [1.54, 1.807) is 17.0 Å². The zero-order valence-corrected chi connectivity index (χ0v) is 12.2. The highest BCUT2D eigenvalue weighted by Crippen LogP contribution is 2.30. The Hall–Kier alpha value is -2.64. The Kier molecular flexibility index (Phi) is 3.44. The molecule has 116 valence electrons. The summed E-state index contributed by atoms with van der Waals surface area (Å²) in [7, 11) is 1.54. The molecule has 3 N–H and O–H groups in total. The third kappa shape index (κ3) is 2.36. The van der Waals surface area contributed by atoms with Gasteiger partial charge in [-0.25, -0.2) is 4.99 Å². The van der Waals surface area contributed by atoms with Crippen LogP contribution >= 0.6 is 0 Å². The third-order valence-electron chi connectivity index (χ3n) is 4.06. The van der Waals surface area contributed by atoms with E-state index in [1.165, 1.54) is 13.3 Å². The number of pyridine rings is 1. The Balaban J connectivity index is 1.71. The van der Waals surface area contributed by atoms with Gasteiger partial charge in [-0.3, -0.25) is 19.9 Å². The van der Waals surface area contributed by atoms with Crippen molar-refractivity contribution in [1.82, 2.24) is 15.2 Å². The number of likely N-dealkylation sites (tertiary alicyclic amines) is 1. The number of nitrogens with two attached hydrogens (primary N) is 1. The fourth-order valence-corrected chi connectivity index (χ4v) is 2.78. The van der Waals surface area contributed by atoms with Crippen molar-refractivity contribution in [2.24, 2.45) is 10.7 Å². The number of methoxy groups -OCH3 is 1. The second-order valence-electron chi connectivity index (χ2n) is 5.36. The molecule has 0 saturated carbocycles. The molecule has 3 rings (SSSR count). The molecule has 1 spiro atoms. The lowest BCUT2D eigenvalue weighted by Crippen LogP contribution is -2.50. The van der Waals surface area contributed by atoms with Crippen molar-refractivity contribution >= 4 is 17.8 Å². The van der Waals surface area contributed by atoms with Crippen molar-refractivity contribution in [2.45, 2.75) is 18.4 Å². The molecule has 1 aromatic rings. The minimum Gasteiger partial charge on any atom is -0.497 e. The highest BCUT2D eigenvalue weighted by Gasteiger charge is 2.46. The van der Waals surface area contributed by atoms with E-state index >= 15 is 0 Å². The first kappa shape index (κ1) is 14.3. The molecule has 8 heteroatoms. The van der Waals surface area contributed by atoms with E-state index in [4.69, 9.17) is 10.5 Å². The molecule has 8 nitrogen and oxygen atoms in total. The van der Waals surface area contributed by atoms with Gasteiger partial charge in [0.1, 0.15) is 17.0 Å². The first-order valence-electron chi connectivity index (χ1n) is 7.00. The van der Waals surface area contributed by atoms with E-state index in [-0.39, 0.29) is 17.8 Å². The minimum absolute atomic E-state index is 0.152. The highest BCUT2D eigenvalue weighted by molar-refractivity contribution is 6.07. The summed E-state index contributed by atoms with van der Waals surface area (Å²) in [6.45, 7) is 0.865. The lowest BCUT2D eigenvalue weighted by molar-refractivity contribution is -0.125. The topological polar surface area (TPSA) is 110 Å². The molecule has 22 heavy (non-hydrogen) atoms. The molecule has 2 aliphatic rings. The van der Waals surface area contributed by atoms with Crippen LogP contribution in [0.25, 0.3) is 0 Å². The number of amides is 2. The van der Waals surface area contributed by atoms with Crippen LogP contribution in [-0.2, 0) is 4.79 Å². The maximum absolute atomic E-state index is 12.5. The fraction of sp³-hybridized carbons (Fsp3) is 0.429. The normalized spacial score (nSPS) is 19.8. The van der Waals surface area contributed by atoms with Crippen LogP contribution < -0.4 is 15.8 Å². The predicted molar refractivity (Wildman–Crippen MR) is 78.4 cm³/mol. The summed E-state index contributed by atoms with van der Waals surface area (Å²) >= 11 is 0. The van der Waals surface area contributed by atoms with Crippen LogP contribution in [0.3, 0.4) is 0 Å². The van der Waals surface area contributed by atoms with Gasteiger partial charge in [-0.15, -0.1) is 0 Å². The van der Waals surface area contributed by atoms with Crippen molar-refractivity contribution in [3.63, 3.8) is 0 Å². The fourth-order valence-electron chi connectivity index (χ4n) is 2.78. The molecule has 1 fully saturated rings.